The number of morpholine rings is 1. The average molecular weight is 654 g/mol. The molecule has 0 saturated carbocycles. The normalized spacial score (nSPS) is 15.2. The Bertz CT molecular complexity index is 836. The topological polar surface area (TPSA) is 46.6 Å². The van der Waals surface area contributed by atoms with Crippen molar-refractivity contribution < 1.29 is 14.3 Å². The van der Waals surface area contributed by atoms with E-state index in [1.165, 1.54) is 89.9 Å². The summed E-state index contributed by atoms with van der Waals surface area (Å²) in [6, 6.07) is 0. The van der Waals surface area contributed by atoms with Gasteiger partial charge in [-0.1, -0.05) is 127 Å². The molecule has 1 aliphatic rings. The second-order valence-corrected chi connectivity index (χ2v) is 13.8. The molecule has 4 nitrogen and oxygen atoms in total. The van der Waals surface area contributed by atoms with E-state index in [4.69, 9.17) is 4.74 Å². The molecule has 1 fully saturated rings. The molecule has 1 saturated heterocycles. The maximum atomic E-state index is 13.3. The van der Waals surface area contributed by atoms with Crippen LogP contribution in [0.5, 0.6) is 0 Å². The molecule has 0 bridgehead atoms. The quantitative estimate of drug-likeness (QED) is 0.0522. The maximum Gasteiger partial charge on any atom is 0.137 e. The molecular formula is C43H75NO3. The van der Waals surface area contributed by atoms with Gasteiger partial charge >= 0.3 is 0 Å². The van der Waals surface area contributed by atoms with E-state index in [9.17, 15) is 9.59 Å². The van der Waals surface area contributed by atoms with Gasteiger partial charge in [0.05, 0.1) is 13.2 Å². The van der Waals surface area contributed by atoms with Crippen molar-refractivity contribution in [3.63, 3.8) is 0 Å². The molecule has 47 heavy (non-hydrogen) atoms. The number of carbonyl (C=O) groups excluding carboxylic acids is 2. The minimum atomic E-state index is -0.149. The van der Waals surface area contributed by atoms with Gasteiger partial charge < -0.3 is 4.74 Å². The van der Waals surface area contributed by atoms with E-state index in [0.717, 1.165) is 84.2 Å². The number of allylic oxidation sites excluding steroid dienone is 8. The third-order valence-electron chi connectivity index (χ3n) is 9.29. The first-order chi connectivity index (χ1) is 23.2. The molecule has 0 aromatic carbocycles. The van der Waals surface area contributed by atoms with Crippen molar-refractivity contribution in [1.29, 1.82) is 0 Å². The summed E-state index contributed by atoms with van der Waals surface area (Å²) in [5.74, 6) is 0.433. The lowest BCUT2D eigenvalue weighted by atomic mass is 9.91. The number of ketones is 2. The van der Waals surface area contributed by atoms with Crippen LogP contribution >= 0.6 is 0 Å². The van der Waals surface area contributed by atoms with Gasteiger partial charge in [0.25, 0.3) is 0 Å². The average Bonchev–Trinajstić information content (AvgIpc) is 3.08. The van der Waals surface area contributed by atoms with Crippen LogP contribution in [0.1, 0.15) is 174 Å². The Morgan fingerprint density at radius 2 is 0.979 bits per heavy atom. The van der Waals surface area contributed by atoms with Crippen molar-refractivity contribution in [3.05, 3.63) is 48.6 Å². The molecule has 270 valence electrons. The summed E-state index contributed by atoms with van der Waals surface area (Å²) in [4.78, 5) is 28.5. The third-order valence-corrected chi connectivity index (χ3v) is 9.29. The standard InChI is InChI=1S/C43H75NO3/c1-3-5-7-9-11-13-15-17-19-21-23-25-27-29-31-33-42(45)39-41(40-44-35-37-47-38-36-44)43(46)34-32-30-28-26-24-22-20-18-16-14-12-10-8-6-4-2/h11-14,17-20,41H,3-10,15-16,21-40H2,1-2H3/b13-11-,14-12-,19-17-,20-18-. The number of carbonyl (C=O) groups is 2. The first-order valence-electron chi connectivity index (χ1n) is 20.1. The number of rotatable bonds is 33. The largest absolute Gasteiger partial charge is 0.379 e. The Hall–Kier alpha value is -1.78. The molecule has 0 N–H and O–H groups in total. The molecule has 0 radical (unpaired) electrons. The molecule has 0 aromatic rings. The summed E-state index contributed by atoms with van der Waals surface area (Å²) in [5.41, 5.74) is 0. The van der Waals surface area contributed by atoms with E-state index >= 15 is 0 Å². The van der Waals surface area contributed by atoms with Gasteiger partial charge in [-0.15, -0.1) is 0 Å². The fourth-order valence-corrected chi connectivity index (χ4v) is 6.20. The van der Waals surface area contributed by atoms with Gasteiger partial charge in [0.15, 0.2) is 0 Å². The summed E-state index contributed by atoms with van der Waals surface area (Å²) in [7, 11) is 0. The lowest BCUT2D eigenvalue weighted by Gasteiger charge is -2.29. The van der Waals surface area contributed by atoms with Gasteiger partial charge in [0.2, 0.25) is 0 Å². The van der Waals surface area contributed by atoms with Crippen molar-refractivity contribution in [2.45, 2.75) is 174 Å². The number of nitrogens with zero attached hydrogens (tertiary/aromatic N) is 1. The Morgan fingerprint density at radius 1 is 0.553 bits per heavy atom. The van der Waals surface area contributed by atoms with Crippen LogP contribution in [0.2, 0.25) is 0 Å². The molecule has 0 aliphatic carbocycles. The molecule has 0 aromatic heterocycles. The van der Waals surface area contributed by atoms with Crippen LogP contribution in [0.25, 0.3) is 0 Å². The summed E-state index contributed by atoms with van der Waals surface area (Å²) in [6.45, 7) is 8.41. The molecule has 1 unspecified atom stereocenters. The van der Waals surface area contributed by atoms with E-state index in [1.807, 2.05) is 0 Å². The zero-order valence-corrected chi connectivity index (χ0v) is 31.1. The highest BCUT2D eigenvalue weighted by Gasteiger charge is 2.25. The van der Waals surface area contributed by atoms with E-state index in [1.54, 1.807) is 0 Å². The molecule has 1 aliphatic heterocycles. The second-order valence-electron chi connectivity index (χ2n) is 13.8. The number of hydrogen-bond donors (Lipinski definition) is 0. The fraction of sp³-hybridized carbons (Fsp3) is 0.767. The van der Waals surface area contributed by atoms with Crippen LogP contribution in [0.3, 0.4) is 0 Å². The van der Waals surface area contributed by atoms with Crippen LogP contribution in [0, 0.1) is 5.92 Å². The minimum Gasteiger partial charge on any atom is -0.379 e. The first kappa shape index (κ1) is 43.2. The highest BCUT2D eigenvalue weighted by molar-refractivity contribution is 5.88. The molecule has 1 atom stereocenters. The highest BCUT2D eigenvalue weighted by Crippen LogP contribution is 2.18. The summed E-state index contributed by atoms with van der Waals surface area (Å²) in [6.07, 6.45) is 46.3. The lowest BCUT2D eigenvalue weighted by molar-refractivity contribution is -0.129. The number of unbranched alkanes of at least 4 members (excludes halogenated alkanes) is 16. The first-order valence-corrected chi connectivity index (χ1v) is 20.1. The van der Waals surface area contributed by atoms with Gasteiger partial charge in [-0.05, 0) is 77.0 Å². The predicted octanol–water partition coefficient (Wildman–Crippen LogP) is 12.1. The van der Waals surface area contributed by atoms with Crippen molar-refractivity contribution >= 4 is 11.6 Å². The van der Waals surface area contributed by atoms with Crippen LogP contribution in [0.15, 0.2) is 48.6 Å². The Morgan fingerprint density at radius 3 is 1.47 bits per heavy atom. The molecule has 1 rings (SSSR count). The monoisotopic (exact) mass is 654 g/mol. The predicted molar refractivity (Wildman–Crippen MR) is 204 cm³/mol. The Kier molecular flexibility index (Phi) is 31.4. The highest BCUT2D eigenvalue weighted by atomic mass is 16.5. The van der Waals surface area contributed by atoms with E-state index in [-0.39, 0.29) is 11.7 Å². The van der Waals surface area contributed by atoms with Crippen LogP contribution in [-0.2, 0) is 14.3 Å². The Balaban J connectivity index is 2.18. The smallest absolute Gasteiger partial charge is 0.137 e. The van der Waals surface area contributed by atoms with Crippen molar-refractivity contribution in [3.8, 4) is 0 Å². The van der Waals surface area contributed by atoms with E-state index < -0.39 is 0 Å². The van der Waals surface area contributed by atoms with Gasteiger partial charge in [0, 0.05) is 44.8 Å². The van der Waals surface area contributed by atoms with Gasteiger partial charge in [0.1, 0.15) is 11.6 Å². The van der Waals surface area contributed by atoms with E-state index in [0.29, 0.717) is 25.0 Å². The molecular weight excluding hydrogens is 578 g/mol. The minimum absolute atomic E-state index is 0.149. The van der Waals surface area contributed by atoms with Crippen LogP contribution in [-0.4, -0.2) is 49.3 Å². The molecule has 1 heterocycles. The van der Waals surface area contributed by atoms with Crippen LogP contribution < -0.4 is 0 Å². The van der Waals surface area contributed by atoms with Crippen LogP contribution in [0.4, 0.5) is 0 Å². The zero-order valence-electron chi connectivity index (χ0n) is 31.1. The fourth-order valence-electron chi connectivity index (χ4n) is 6.20. The number of hydrogen-bond acceptors (Lipinski definition) is 4. The SMILES string of the molecule is CCCCC/C=C\C/C=C\CCCCCCCC(=O)CC(CN1CCOCC1)C(=O)CCCCCCC/C=C\C/C=C\CCCCC. The number of ether oxygens (including phenoxy) is 1. The third kappa shape index (κ3) is 28.9. The van der Waals surface area contributed by atoms with Crippen molar-refractivity contribution in [2.75, 3.05) is 32.8 Å². The van der Waals surface area contributed by atoms with E-state index in [2.05, 4.69) is 67.4 Å². The number of Topliss-reactive ketones (excluding diaryl/α,β-unsaturated/α-hetero) is 2. The second kappa shape index (κ2) is 34.1. The van der Waals surface area contributed by atoms with Crippen molar-refractivity contribution in [1.82, 2.24) is 4.90 Å². The van der Waals surface area contributed by atoms with Gasteiger partial charge in [-0.2, -0.15) is 0 Å². The lowest BCUT2D eigenvalue weighted by Crippen LogP contribution is -2.41. The van der Waals surface area contributed by atoms with Gasteiger partial charge in [-0.3, -0.25) is 14.5 Å². The van der Waals surface area contributed by atoms with Crippen molar-refractivity contribution in [2.24, 2.45) is 5.92 Å². The maximum absolute atomic E-state index is 13.3. The van der Waals surface area contributed by atoms with Gasteiger partial charge in [-0.25, -0.2) is 0 Å². The Labute approximate surface area is 291 Å². The molecule has 0 spiro atoms. The molecule has 4 heteroatoms. The molecule has 0 amide bonds. The summed E-state index contributed by atoms with van der Waals surface area (Å²) >= 11 is 0. The summed E-state index contributed by atoms with van der Waals surface area (Å²) < 4.78 is 5.51. The zero-order chi connectivity index (χ0) is 33.9. The summed E-state index contributed by atoms with van der Waals surface area (Å²) in [5, 5.41) is 0.